The van der Waals surface area contributed by atoms with Gasteiger partial charge in [0.05, 0.1) is 0 Å². The first-order valence-corrected chi connectivity index (χ1v) is 6.90. The first-order chi connectivity index (χ1) is 10.5. The summed E-state index contributed by atoms with van der Waals surface area (Å²) < 4.78 is 2.84. The topological polar surface area (TPSA) is 113 Å². The number of aliphatic carboxylic acids is 1. The SMILES string of the molecule is CCCCn1c(=O)c(C(=O)NCC(=O)O)c(O)c2cccn21. The number of amides is 1. The Morgan fingerprint density at radius 1 is 1.36 bits per heavy atom. The van der Waals surface area contributed by atoms with Gasteiger partial charge in [-0.3, -0.25) is 18.9 Å². The first-order valence-electron chi connectivity index (χ1n) is 6.90. The largest absolute Gasteiger partial charge is 0.505 e. The molecule has 0 fully saturated rings. The fourth-order valence-corrected chi connectivity index (χ4v) is 2.19. The third-order valence-corrected chi connectivity index (χ3v) is 3.27. The number of fused-ring (bicyclic) bond motifs is 1. The van der Waals surface area contributed by atoms with Crippen molar-refractivity contribution in [3.8, 4) is 5.75 Å². The van der Waals surface area contributed by atoms with E-state index < -0.39 is 35.3 Å². The summed E-state index contributed by atoms with van der Waals surface area (Å²) in [5.41, 5.74) is -0.780. The van der Waals surface area contributed by atoms with Gasteiger partial charge < -0.3 is 15.5 Å². The van der Waals surface area contributed by atoms with E-state index in [9.17, 15) is 19.5 Å². The Labute approximate surface area is 125 Å². The molecule has 0 aliphatic rings. The van der Waals surface area contributed by atoms with Gasteiger partial charge in [-0.25, -0.2) is 4.68 Å². The number of carboxylic acids is 1. The van der Waals surface area contributed by atoms with Crippen LogP contribution < -0.4 is 10.9 Å². The molecule has 3 N–H and O–H groups in total. The van der Waals surface area contributed by atoms with Gasteiger partial charge in [-0.1, -0.05) is 13.3 Å². The van der Waals surface area contributed by atoms with E-state index in [1.165, 1.54) is 9.20 Å². The highest BCUT2D eigenvalue weighted by Crippen LogP contribution is 2.21. The van der Waals surface area contributed by atoms with Crippen molar-refractivity contribution in [2.24, 2.45) is 0 Å². The van der Waals surface area contributed by atoms with Crippen LogP contribution in [0.3, 0.4) is 0 Å². The summed E-state index contributed by atoms with van der Waals surface area (Å²) in [6.07, 6.45) is 3.20. The van der Waals surface area contributed by atoms with Crippen molar-refractivity contribution in [3.05, 3.63) is 34.2 Å². The number of nitrogens with zero attached hydrogens (tertiary/aromatic N) is 2. The maximum atomic E-state index is 12.5. The van der Waals surface area contributed by atoms with Gasteiger partial charge in [-0.2, -0.15) is 0 Å². The molecule has 0 spiro atoms. The second kappa shape index (κ2) is 6.33. The molecule has 2 aromatic heterocycles. The standard InChI is InChI=1S/C14H17N3O5/c1-2-3-6-17-14(22)11(13(21)15-8-10(18)19)12(20)9-5-4-7-16(9)17/h4-5,7,20H,2-3,6,8H2,1H3,(H,15,21)(H,18,19). The predicted molar refractivity (Wildman–Crippen MR) is 78.2 cm³/mol. The molecule has 22 heavy (non-hydrogen) atoms. The summed E-state index contributed by atoms with van der Waals surface area (Å²) in [5, 5.41) is 20.9. The number of unbranched alkanes of at least 4 members (excludes halogenated alkanes) is 1. The first kappa shape index (κ1) is 15.6. The van der Waals surface area contributed by atoms with E-state index in [-0.39, 0.29) is 0 Å². The summed E-state index contributed by atoms with van der Waals surface area (Å²) in [4.78, 5) is 35.0. The lowest BCUT2D eigenvalue weighted by atomic mass is 10.2. The van der Waals surface area contributed by atoms with E-state index >= 15 is 0 Å². The minimum absolute atomic E-state index is 0.316. The second-order valence-electron chi connectivity index (χ2n) is 4.82. The van der Waals surface area contributed by atoms with Crippen LogP contribution in [-0.4, -0.2) is 37.8 Å². The van der Waals surface area contributed by atoms with E-state index in [1.807, 2.05) is 6.92 Å². The Bertz CT molecular complexity index is 775. The van der Waals surface area contributed by atoms with Gasteiger partial charge in [0.25, 0.3) is 11.5 Å². The van der Waals surface area contributed by atoms with Crippen molar-refractivity contribution in [2.45, 2.75) is 26.3 Å². The van der Waals surface area contributed by atoms with Gasteiger partial charge in [-0.05, 0) is 18.6 Å². The number of hydrogen-bond acceptors (Lipinski definition) is 4. The van der Waals surface area contributed by atoms with Gasteiger partial charge in [-0.15, -0.1) is 0 Å². The van der Waals surface area contributed by atoms with Crippen LogP contribution in [0.2, 0.25) is 0 Å². The number of carbonyl (C=O) groups excluding carboxylic acids is 1. The zero-order valence-electron chi connectivity index (χ0n) is 12.1. The molecule has 0 bridgehead atoms. The van der Waals surface area contributed by atoms with Crippen LogP contribution in [-0.2, 0) is 11.3 Å². The van der Waals surface area contributed by atoms with Crippen LogP contribution in [0.5, 0.6) is 5.75 Å². The third kappa shape index (κ3) is 2.80. The fraction of sp³-hybridized carbons (Fsp3) is 0.357. The van der Waals surface area contributed by atoms with Crippen molar-refractivity contribution in [1.29, 1.82) is 0 Å². The lowest BCUT2D eigenvalue weighted by molar-refractivity contribution is -0.135. The average molecular weight is 307 g/mol. The number of nitrogens with one attached hydrogen (secondary N) is 1. The maximum absolute atomic E-state index is 12.5. The Hall–Kier alpha value is -2.77. The number of rotatable bonds is 6. The molecule has 2 heterocycles. The molecular weight excluding hydrogens is 290 g/mol. The van der Waals surface area contributed by atoms with Gasteiger partial charge >= 0.3 is 5.97 Å². The van der Waals surface area contributed by atoms with Crippen molar-refractivity contribution in [2.75, 3.05) is 6.54 Å². The highest BCUT2D eigenvalue weighted by Gasteiger charge is 2.22. The number of carbonyl (C=O) groups is 2. The molecular formula is C14H17N3O5. The molecule has 0 unspecified atom stereocenters. The average Bonchev–Trinajstić information content (AvgIpc) is 2.94. The van der Waals surface area contributed by atoms with E-state index in [0.717, 1.165) is 12.8 Å². The lowest BCUT2D eigenvalue weighted by Gasteiger charge is -2.13. The van der Waals surface area contributed by atoms with Crippen LogP contribution in [0, 0.1) is 0 Å². The lowest BCUT2D eigenvalue weighted by Crippen LogP contribution is -2.37. The monoisotopic (exact) mass is 307 g/mol. The Morgan fingerprint density at radius 2 is 2.09 bits per heavy atom. The quantitative estimate of drug-likeness (QED) is 0.716. The summed E-state index contributed by atoms with van der Waals surface area (Å²) in [6, 6.07) is 3.22. The number of aromatic nitrogens is 2. The van der Waals surface area contributed by atoms with Crippen molar-refractivity contribution in [3.63, 3.8) is 0 Å². The zero-order valence-corrected chi connectivity index (χ0v) is 12.1. The van der Waals surface area contributed by atoms with Gasteiger partial charge in [0.1, 0.15) is 17.6 Å². The third-order valence-electron chi connectivity index (χ3n) is 3.27. The Morgan fingerprint density at radius 3 is 2.73 bits per heavy atom. The molecule has 0 saturated heterocycles. The maximum Gasteiger partial charge on any atom is 0.322 e. The molecule has 2 rings (SSSR count). The summed E-state index contributed by atoms with van der Waals surface area (Å²) in [7, 11) is 0. The van der Waals surface area contributed by atoms with E-state index in [0.29, 0.717) is 12.1 Å². The highest BCUT2D eigenvalue weighted by atomic mass is 16.4. The van der Waals surface area contributed by atoms with Gasteiger partial charge in [0, 0.05) is 12.7 Å². The number of carboxylic acid groups (broad SMARTS) is 1. The van der Waals surface area contributed by atoms with Crippen molar-refractivity contribution in [1.82, 2.24) is 14.5 Å². The van der Waals surface area contributed by atoms with Gasteiger partial charge in [0.2, 0.25) is 0 Å². The van der Waals surface area contributed by atoms with Crippen LogP contribution in [0.25, 0.3) is 5.52 Å². The second-order valence-corrected chi connectivity index (χ2v) is 4.82. The van der Waals surface area contributed by atoms with Crippen molar-refractivity contribution >= 4 is 17.4 Å². The summed E-state index contributed by atoms with van der Waals surface area (Å²) >= 11 is 0. The highest BCUT2D eigenvalue weighted by molar-refractivity contribution is 5.99. The van der Waals surface area contributed by atoms with Crippen molar-refractivity contribution < 1.29 is 19.8 Å². The molecule has 2 aromatic rings. The normalized spacial score (nSPS) is 10.8. The number of hydrogen-bond donors (Lipinski definition) is 3. The molecule has 118 valence electrons. The summed E-state index contributed by atoms with van der Waals surface area (Å²) in [6.45, 7) is 1.73. The number of aromatic hydroxyl groups is 1. The van der Waals surface area contributed by atoms with E-state index in [4.69, 9.17) is 5.11 Å². The minimum atomic E-state index is -1.23. The Kier molecular flexibility index (Phi) is 4.50. The van der Waals surface area contributed by atoms with E-state index in [2.05, 4.69) is 5.32 Å². The molecule has 0 radical (unpaired) electrons. The minimum Gasteiger partial charge on any atom is -0.505 e. The molecule has 0 atom stereocenters. The van der Waals surface area contributed by atoms with Crippen LogP contribution in [0.15, 0.2) is 23.1 Å². The smallest absolute Gasteiger partial charge is 0.322 e. The van der Waals surface area contributed by atoms with Crippen LogP contribution in [0.4, 0.5) is 0 Å². The van der Waals surface area contributed by atoms with E-state index in [1.54, 1.807) is 18.3 Å². The molecule has 0 saturated carbocycles. The molecule has 0 aromatic carbocycles. The number of aryl methyl sites for hydroxylation is 1. The van der Waals surface area contributed by atoms with Crippen LogP contribution in [0.1, 0.15) is 30.1 Å². The molecule has 1 amide bonds. The summed E-state index contributed by atoms with van der Waals surface area (Å²) in [5.74, 6) is -2.59. The molecule has 8 nitrogen and oxygen atoms in total. The zero-order chi connectivity index (χ0) is 16.3. The molecule has 8 heteroatoms. The molecule has 0 aliphatic heterocycles. The van der Waals surface area contributed by atoms with Crippen LogP contribution >= 0.6 is 0 Å². The predicted octanol–water partition coefficient (Wildman–Crippen LogP) is 0.421. The molecule has 0 aliphatic carbocycles. The van der Waals surface area contributed by atoms with Gasteiger partial charge in [0.15, 0.2) is 5.75 Å². The fourth-order valence-electron chi connectivity index (χ4n) is 2.19. The Balaban J connectivity index is 2.55.